The van der Waals surface area contributed by atoms with Crippen LogP contribution in [0.1, 0.15) is 50.1 Å². The molecule has 3 rings (SSSR count). The highest BCUT2D eigenvalue weighted by Crippen LogP contribution is 2.32. The van der Waals surface area contributed by atoms with E-state index in [0.29, 0.717) is 25.8 Å². The van der Waals surface area contributed by atoms with Crippen molar-refractivity contribution in [2.45, 2.75) is 56.2 Å². The fourth-order valence-electron chi connectivity index (χ4n) is 4.03. The summed E-state index contributed by atoms with van der Waals surface area (Å²) in [4.78, 5) is 14.4. The fourth-order valence-corrected chi connectivity index (χ4v) is 4.03. The molecule has 0 spiro atoms. The number of likely N-dealkylation sites (tertiary alicyclic amines) is 1. The molecule has 1 aliphatic heterocycles. The molecule has 2 fully saturated rings. The van der Waals surface area contributed by atoms with Crippen molar-refractivity contribution in [2.75, 3.05) is 13.1 Å². The second-order valence-corrected chi connectivity index (χ2v) is 7.19. The molecule has 0 bridgehead atoms. The number of halogens is 1. The highest BCUT2D eigenvalue weighted by molar-refractivity contribution is 5.79. The summed E-state index contributed by atoms with van der Waals surface area (Å²) >= 11 is 0. The molecule has 1 heterocycles. The Morgan fingerprint density at radius 3 is 2.84 bits per heavy atom. The van der Waals surface area contributed by atoms with Gasteiger partial charge in [-0.05, 0) is 37.0 Å². The summed E-state index contributed by atoms with van der Waals surface area (Å²) in [6, 6.07) is 8.37. The van der Waals surface area contributed by atoms with Gasteiger partial charge in [0.05, 0.1) is 18.7 Å². The molecule has 134 valence electrons. The van der Waals surface area contributed by atoms with Crippen LogP contribution in [0.25, 0.3) is 0 Å². The van der Waals surface area contributed by atoms with Crippen molar-refractivity contribution in [1.29, 1.82) is 5.26 Å². The number of β-amino-alcohol motifs (C(OH)–C–C–N with tert-alkyl or cyclic N) is 1. The summed E-state index contributed by atoms with van der Waals surface area (Å²) < 4.78 is 13.5. The number of carbonyl (C=O) groups excluding carboxylic acids is 1. The van der Waals surface area contributed by atoms with E-state index in [1.807, 2.05) is 11.0 Å². The Bertz CT molecular complexity index is 667. The van der Waals surface area contributed by atoms with Gasteiger partial charge in [0.1, 0.15) is 11.4 Å². The summed E-state index contributed by atoms with van der Waals surface area (Å²) in [7, 11) is 0. The van der Waals surface area contributed by atoms with Crippen LogP contribution in [0.2, 0.25) is 0 Å². The first-order valence-corrected chi connectivity index (χ1v) is 8.91. The van der Waals surface area contributed by atoms with Crippen molar-refractivity contribution >= 4 is 5.91 Å². The van der Waals surface area contributed by atoms with Gasteiger partial charge in [-0.25, -0.2) is 4.39 Å². The smallest absolute Gasteiger partial charge is 0.235 e. The Hall–Kier alpha value is -1.97. The summed E-state index contributed by atoms with van der Waals surface area (Å²) in [6.45, 7) is 0.468. The number of amides is 1. The number of hydrogen-bond acceptors (Lipinski definition) is 4. The molecule has 0 aromatic heterocycles. The van der Waals surface area contributed by atoms with E-state index in [2.05, 4.69) is 11.4 Å². The molecule has 1 aliphatic carbocycles. The number of aliphatic hydroxyl groups is 1. The van der Waals surface area contributed by atoms with Gasteiger partial charge in [0.15, 0.2) is 0 Å². The largest absolute Gasteiger partial charge is 0.392 e. The Labute approximate surface area is 147 Å². The average molecular weight is 345 g/mol. The van der Waals surface area contributed by atoms with E-state index in [0.717, 1.165) is 24.8 Å². The van der Waals surface area contributed by atoms with E-state index >= 15 is 0 Å². The molecule has 5 nitrogen and oxygen atoms in total. The van der Waals surface area contributed by atoms with Crippen molar-refractivity contribution < 1.29 is 14.3 Å². The minimum atomic E-state index is -0.762. The zero-order valence-electron chi connectivity index (χ0n) is 14.2. The summed E-state index contributed by atoms with van der Waals surface area (Å²) in [6.07, 6.45) is 4.29. The Kier molecular flexibility index (Phi) is 5.36. The lowest BCUT2D eigenvalue weighted by Crippen LogP contribution is -2.51. The van der Waals surface area contributed by atoms with Crippen LogP contribution in [0.3, 0.4) is 0 Å². The molecule has 2 aliphatic rings. The summed E-state index contributed by atoms with van der Waals surface area (Å²) in [5.74, 6) is -0.534. The van der Waals surface area contributed by atoms with Crippen LogP contribution >= 0.6 is 0 Å². The molecule has 1 amide bonds. The molecular formula is C19H24FN3O2. The molecule has 2 atom stereocenters. The van der Waals surface area contributed by atoms with Crippen LogP contribution in [-0.2, 0) is 4.79 Å². The van der Waals surface area contributed by atoms with Gasteiger partial charge < -0.3 is 10.4 Å². The summed E-state index contributed by atoms with van der Waals surface area (Å²) in [5, 5.41) is 22.4. The van der Waals surface area contributed by atoms with Gasteiger partial charge in [-0.15, -0.1) is 0 Å². The second-order valence-electron chi connectivity index (χ2n) is 7.19. The van der Waals surface area contributed by atoms with E-state index in [1.54, 1.807) is 6.07 Å². The maximum absolute atomic E-state index is 13.5. The first kappa shape index (κ1) is 17.8. The number of nitriles is 1. The highest BCUT2D eigenvalue weighted by atomic mass is 19.1. The van der Waals surface area contributed by atoms with Crippen molar-refractivity contribution in [1.82, 2.24) is 10.2 Å². The number of nitrogens with one attached hydrogen (secondary N) is 1. The normalized spacial score (nSPS) is 26.1. The van der Waals surface area contributed by atoms with E-state index in [-0.39, 0.29) is 24.3 Å². The van der Waals surface area contributed by atoms with Gasteiger partial charge >= 0.3 is 0 Å². The second kappa shape index (κ2) is 7.51. The van der Waals surface area contributed by atoms with Crippen LogP contribution in [0.15, 0.2) is 24.3 Å². The third-order valence-electron chi connectivity index (χ3n) is 5.26. The SMILES string of the molecule is N#CC1(NC(=O)CN2C[C@H](O)C[C@H]2c2cccc(F)c2)CCCCC1. The molecule has 6 heteroatoms. The van der Waals surface area contributed by atoms with Crippen molar-refractivity contribution in [3.8, 4) is 6.07 Å². The summed E-state index contributed by atoms with van der Waals surface area (Å²) in [5.41, 5.74) is -0.000757. The van der Waals surface area contributed by atoms with Gasteiger partial charge in [-0.3, -0.25) is 9.69 Å². The molecule has 1 aromatic carbocycles. The minimum Gasteiger partial charge on any atom is -0.392 e. The Balaban J connectivity index is 1.68. The molecule has 1 aromatic rings. The number of benzene rings is 1. The minimum absolute atomic E-state index is 0.0989. The number of rotatable bonds is 4. The van der Waals surface area contributed by atoms with Gasteiger partial charge in [0, 0.05) is 12.6 Å². The predicted octanol–water partition coefficient (Wildman–Crippen LogP) is 2.28. The van der Waals surface area contributed by atoms with Gasteiger partial charge in [0.25, 0.3) is 0 Å². The van der Waals surface area contributed by atoms with E-state index < -0.39 is 11.6 Å². The molecule has 2 N–H and O–H groups in total. The first-order valence-electron chi connectivity index (χ1n) is 8.91. The monoisotopic (exact) mass is 345 g/mol. The van der Waals surface area contributed by atoms with Gasteiger partial charge in [-0.2, -0.15) is 5.26 Å². The first-order chi connectivity index (χ1) is 12.0. The highest BCUT2D eigenvalue weighted by Gasteiger charge is 2.37. The van der Waals surface area contributed by atoms with Crippen molar-refractivity contribution in [3.63, 3.8) is 0 Å². The maximum Gasteiger partial charge on any atom is 0.235 e. The number of aliphatic hydroxyl groups excluding tert-OH is 1. The molecule has 1 saturated heterocycles. The zero-order chi connectivity index (χ0) is 17.9. The number of hydrogen-bond donors (Lipinski definition) is 2. The van der Waals surface area contributed by atoms with Crippen LogP contribution in [0.5, 0.6) is 0 Å². The lowest BCUT2D eigenvalue weighted by atomic mass is 9.83. The van der Waals surface area contributed by atoms with E-state index in [9.17, 15) is 19.6 Å². The van der Waals surface area contributed by atoms with E-state index in [1.165, 1.54) is 12.1 Å². The molecule has 0 radical (unpaired) electrons. The van der Waals surface area contributed by atoms with Gasteiger partial charge in [0.2, 0.25) is 5.91 Å². The Morgan fingerprint density at radius 1 is 1.40 bits per heavy atom. The van der Waals surface area contributed by atoms with Crippen LogP contribution in [-0.4, -0.2) is 40.6 Å². The van der Waals surface area contributed by atoms with Crippen molar-refractivity contribution in [3.05, 3.63) is 35.6 Å². The number of carbonyl (C=O) groups is 1. The van der Waals surface area contributed by atoms with Gasteiger partial charge in [-0.1, -0.05) is 31.4 Å². The molecule has 25 heavy (non-hydrogen) atoms. The van der Waals surface area contributed by atoms with Crippen LogP contribution in [0.4, 0.5) is 4.39 Å². The fraction of sp³-hybridized carbons (Fsp3) is 0.579. The third kappa shape index (κ3) is 4.17. The van der Waals surface area contributed by atoms with E-state index in [4.69, 9.17) is 0 Å². The zero-order valence-corrected chi connectivity index (χ0v) is 14.2. The topological polar surface area (TPSA) is 76.4 Å². The molecule has 0 unspecified atom stereocenters. The molecule has 1 saturated carbocycles. The quantitative estimate of drug-likeness (QED) is 0.878. The van der Waals surface area contributed by atoms with Crippen molar-refractivity contribution in [2.24, 2.45) is 0 Å². The maximum atomic E-state index is 13.5. The van der Waals surface area contributed by atoms with Crippen LogP contribution in [0, 0.1) is 17.1 Å². The van der Waals surface area contributed by atoms with Crippen LogP contribution < -0.4 is 5.32 Å². The predicted molar refractivity (Wildman–Crippen MR) is 90.9 cm³/mol. The molecular weight excluding hydrogens is 321 g/mol. The lowest BCUT2D eigenvalue weighted by Gasteiger charge is -2.33. The average Bonchev–Trinajstić information content (AvgIpc) is 2.96. The number of nitrogens with zero attached hydrogens (tertiary/aromatic N) is 2. The lowest BCUT2D eigenvalue weighted by molar-refractivity contribution is -0.124. The standard InChI is InChI=1S/C19H24FN3O2/c20-15-6-4-5-14(9-15)17-10-16(24)11-23(17)12-18(25)22-19(13-21)7-2-1-3-8-19/h4-6,9,16-17,24H,1-3,7-8,10-12H2,(H,22,25)/t16-,17+/m1/s1. The third-order valence-corrected chi connectivity index (χ3v) is 5.26. The Morgan fingerprint density at radius 2 is 2.16 bits per heavy atom.